The quantitative estimate of drug-likeness (QED) is 0.929. The van der Waals surface area contributed by atoms with Crippen molar-refractivity contribution < 1.29 is 14.3 Å². The average Bonchev–Trinajstić information content (AvgIpc) is 2.88. The molecule has 1 unspecified atom stereocenters. The molecule has 1 aromatic carbocycles. The smallest absolute Gasteiger partial charge is 0.410 e. The molecule has 1 N–H and O–H groups in total. The molecule has 1 aliphatic rings. The molecule has 0 saturated carbocycles. The number of nitrogens with one attached hydrogen (secondary N) is 1. The third-order valence-corrected chi connectivity index (χ3v) is 3.63. The summed E-state index contributed by atoms with van der Waals surface area (Å²) in [5.41, 5.74) is 1.77. The van der Waals surface area contributed by atoms with E-state index in [1.165, 1.54) is 0 Å². The third kappa shape index (κ3) is 4.29. The van der Waals surface area contributed by atoms with E-state index in [1.54, 1.807) is 12.0 Å². The van der Waals surface area contributed by atoms with Gasteiger partial charge in [0.05, 0.1) is 7.11 Å². The minimum Gasteiger partial charge on any atom is -0.497 e. The van der Waals surface area contributed by atoms with Crippen LogP contribution in [-0.4, -0.2) is 42.8 Å². The summed E-state index contributed by atoms with van der Waals surface area (Å²) in [6.45, 7) is 9.10. The number of methoxy groups -OCH3 is 1. The first-order valence-corrected chi connectivity index (χ1v) is 7.67. The summed E-state index contributed by atoms with van der Waals surface area (Å²) in [4.78, 5) is 13.8. The Morgan fingerprint density at radius 1 is 1.36 bits per heavy atom. The molecule has 1 aromatic rings. The van der Waals surface area contributed by atoms with Crippen LogP contribution in [-0.2, 0) is 4.74 Å². The number of hydrogen-bond acceptors (Lipinski definition) is 4. The zero-order valence-electron chi connectivity index (χ0n) is 14.1. The summed E-state index contributed by atoms with van der Waals surface area (Å²) in [7, 11) is 1.66. The molecule has 1 fully saturated rings. The Morgan fingerprint density at radius 3 is 2.68 bits per heavy atom. The Morgan fingerprint density at radius 2 is 2.09 bits per heavy atom. The minimum atomic E-state index is -0.449. The Hall–Kier alpha value is -1.91. The van der Waals surface area contributed by atoms with Gasteiger partial charge in [-0.3, -0.25) is 0 Å². The van der Waals surface area contributed by atoms with Crippen molar-refractivity contribution in [3.05, 3.63) is 23.8 Å². The maximum absolute atomic E-state index is 12.1. The van der Waals surface area contributed by atoms with Crippen LogP contribution in [0.15, 0.2) is 18.2 Å². The molecule has 0 radical (unpaired) electrons. The van der Waals surface area contributed by atoms with E-state index in [0.717, 1.165) is 30.0 Å². The minimum absolute atomic E-state index is 0.233. The van der Waals surface area contributed by atoms with Gasteiger partial charge in [0.1, 0.15) is 11.4 Å². The van der Waals surface area contributed by atoms with Crippen LogP contribution in [0.3, 0.4) is 0 Å². The fraction of sp³-hybridized carbons (Fsp3) is 0.588. The number of ether oxygens (including phenoxy) is 2. The predicted molar refractivity (Wildman–Crippen MR) is 87.6 cm³/mol. The maximum atomic E-state index is 12.1. The number of hydrogen-bond donors (Lipinski definition) is 1. The largest absolute Gasteiger partial charge is 0.497 e. The van der Waals surface area contributed by atoms with Crippen LogP contribution in [0.25, 0.3) is 0 Å². The van der Waals surface area contributed by atoms with Crippen molar-refractivity contribution in [3.8, 4) is 5.75 Å². The van der Waals surface area contributed by atoms with Gasteiger partial charge in [0, 0.05) is 24.8 Å². The van der Waals surface area contributed by atoms with Crippen molar-refractivity contribution in [1.82, 2.24) is 4.90 Å². The van der Waals surface area contributed by atoms with Crippen LogP contribution < -0.4 is 10.1 Å². The van der Waals surface area contributed by atoms with Crippen molar-refractivity contribution in [2.45, 2.75) is 45.8 Å². The van der Waals surface area contributed by atoms with Crippen LogP contribution >= 0.6 is 0 Å². The van der Waals surface area contributed by atoms with Gasteiger partial charge in [-0.1, -0.05) is 0 Å². The van der Waals surface area contributed by atoms with Crippen LogP contribution in [0, 0.1) is 6.92 Å². The zero-order chi connectivity index (χ0) is 16.3. The topological polar surface area (TPSA) is 50.8 Å². The molecule has 1 amide bonds. The standard InChI is InChI=1S/C17H26N2O3/c1-12-10-14(21-5)6-7-15(12)18-13-8-9-19(11-13)16(20)22-17(2,3)4/h6-7,10,13,18H,8-9,11H2,1-5H3. The van der Waals surface area contributed by atoms with Gasteiger partial charge in [-0.2, -0.15) is 0 Å². The van der Waals surface area contributed by atoms with Crippen molar-refractivity contribution >= 4 is 11.8 Å². The first-order chi connectivity index (χ1) is 10.3. The fourth-order valence-electron chi connectivity index (χ4n) is 2.52. The number of carbonyl (C=O) groups excluding carboxylic acids is 1. The normalized spacial score (nSPS) is 18.2. The molecule has 0 bridgehead atoms. The SMILES string of the molecule is COc1ccc(NC2CCN(C(=O)OC(C)(C)C)C2)c(C)c1. The van der Waals surface area contributed by atoms with Gasteiger partial charge < -0.3 is 19.7 Å². The predicted octanol–water partition coefficient (Wildman–Crippen LogP) is 3.42. The zero-order valence-corrected chi connectivity index (χ0v) is 14.1. The first kappa shape index (κ1) is 16.5. The number of carbonyl (C=O) groups is 1. The molecule has 1 atom stereocenters. The summed E-state index contributed by atoms with van der Waals surface area (Å²) >= 11 is 0. The second-order valence-electron chi connectivity index (χ2n) is 6.74. The highest BCUT2D eigenvalue weighted by molar-refractivity contribution is 5.68. The van der Waals surface area contributed by atoms with E-state index in [0.29, 0.717) is 6.54 Å². The van der Waals surface area contributed by atoms with E-state index in [9.17, 15) is 4.79 Å². The van der Waals surface area contributed by atoms with Crippen molar-refractivity contribution in [2.75, 3.05) is 25.5 Å². The van der Waals surface area contributed by atoms with Gasteiger partial charge in [0.2, 0.25) is 0 Å². The van der Waals surface area contributed by atoms with Gasteiger partial charge in [-0.05, 0) is 57.9 Å². The molecule has 1 heterocycles. The molecule has 1 aliphatic heterocycles. The first-order valence-electron chi connectivity index (χ1n) is 7.67. The second kappa shape index (κ2) is 6.46. The van der Waals surface area contributed by atoms with Gasteiger partial charge in [0.15, 0.2) is 0 Å². The molecule has 0 spiro atoms. The molecule has 22 heavy (non-hydrogen) atoms. The summed E-state index contributed by atoms with van der Waals surface area (Å²) < 4.78 is 10.6. The molecule has 2 rings (SSSR count). The Kier molecular flexibility index (Phi) is 4.84. The number of nitrogens with zero attached hydrogens (tertiary/aromatic N) is 1. The van der Waals surface area contributed by atoms with Crippen LogP contribution in [0.5, 0.6) is 5.75 Å². The van der Waals surface area contributed by atoms with Crippen LogP contribution in [0.1, 0.15) is 32.8 Å². The second-order valence-corrected chi connectivity index (χ2v) is 6.74. The van der Waals surface area contributed by atoms with E-state index in [2.05, 4.69) is 5.32 Å². The van der Waals surface area contributed by atoms with Crippen LogP contribution in [0.4, 0.5) is 10.5 Å². The number of likely N-dealkylation sites (tertiary alicyclic amines) is 1. The number of anilines is 1. The Balaban J connectivity index is 1.92. The number of rotatable bonds is 3. The van der Waals surface area contributed by atoms with Gasteiger partial charge in [0.25, 0.3) is 0 Å². The lowest BCUT2D eigenvalue weighted by atomic mass is 10.1. The summed E-state index contributed by atoms with van der Waals surface area (Å²) in [6.07, 6.45) is 0.688. The van der Waals surface area contributed by atoms with Gasteiger partial charge >= 0.3 is 6.09 Å². The Labute approximate surface area is 132 Å². The van der Waals surface area contributed by atoms with Gasteiger partial charge in [-0.25, -0.2) is 4.79 Å². The third-order valence-electron chi connectivity index (χ3n) is 3.63. The highest BCUT2D eigenvalue weighted by Crippen LogP contribution is 2.24. The van der Waals surface area contributed by atoms with Crippen LogP contribution in [0.2, 0.25) is 0 Å². The fourth-order valence-corrected chi connectivity index (χ4v) is 2.52. The summed E-state index contributed by atoms with van der Waals surface area (Å²) in [6, 6.07) is 6.21. The van der Waals surface area contributed by atoms with Crippen molar-refractivity contribution in [2.24, 2.45) is 0 Å². The lowest BCUT2D eigenvalue weighted by molar-refractivity contribution is 0.0293. The Bertz CT molecular complexity index is 537. The maximum Gasteiger partial charge on any atom is 0.410 e. The van der Waals surface area contributed by atoms with E-state index < -0.39 is 5.60 Å². The highest BCUT2D eigenvalue weighted by atomic mass is 16.6. The molecule has 0 aliphatic carbocycles. The summed E-state index contributed by atoms with van der Waals surface area (Å²) in [5.74, 6) is 0.852. The van der Waals surface area contributed by atoms with E-state index in [-0.39, 0.29) is 12.1 Å². The molecular weight excluding hydrogens is 280 g/mol. The van der Waals surface area contributed by atoms with E-state index >= 15 is 0 Å². The number of amides is 1. The lowest BCUT2D eigenvalue weighted by Gasteiger charge is -2.24. The lowest BCUT2D eigenvalue weighted by Crippen LogP contribution is -2.36. The average molecular weight is 306 g/mol. The molecular formula is C17H26N2O3. The number of aryl methyl sites for hydroxylation is 1. The van der Waals surface area contributed by atoms with Gasteiger partial charge in [-0.15, -0.1) is 0 Å². The number of benzene rings is 1. The van der Waals surface area contributed by atoms with E-state index in [4.69, 9.17) is 9.47 Å². The molecule has 122 valence electrons. The highest BCUT2D eigenvalue weighted by Gasteiger charge is 2.29. The van der Waals surface area contributed by atoms with E-state index in [1.807, 2.05) is 45.9 Å². The molecule has 1 saturated heterocycles. The monoisotopic (exact) mass is 306 g/mol. The molecule has 5 heteroatoms. The summed E-state index contributed by atoms with van der Waals surface area (Å²) in [5, 5.41) is 3.50. The van der Waals surface area contributed by atoms with Crippen molar-refractivity contribution in [3.63, 3.8) is 0 Å². The molecule has 0 aromatic heterocycles. The van der Waals surface area contributed by atoms with Crippen molar-refractivity contribution in [1.29, 1.82) is 0 Å². The molecule has 5 nitrogen and oxygen atoms in total.